The number of para-hydroxylation sites is 1. The molecule has 8 heteroatoms. The Morgan fingerprint density at radius 3 is 2.43 bits per heavy atom. The van der Waals surface area contributed by atoms with Crippen molar-refractivity contribution >= 4 is 17.7 Å². The Balaban J connectivity index is 1.16. The highest BCUT2D eigenvalue weighted by molar-refractivity contribution is 7.99. The van der Waals surface area contributed by atoms with Crippen molar-refractivity contribution in [3.8, 4) is 17.1 Å². The zero-order chi connectivity index (χ0) is 20.6. The van der Waals surface area contributed by atoms with Crippen LogP contribution in [0, 0.1) is 0 Å². The zero-order valence-electron chi connectivity index (χ0n) is 16.7. The summed E-state index contributed by atoms with van der Waals surface area (Å²) in [6.45, 7) is 4.75. The first kappa shape index (κ1) is 20.4. The summed E-state index contributed by atoms with van der Waals surface area (Å²) in [4.78, 5) is 21.3. The molecule has 0 radical (unpaired) electrons. The van der Waals surface area contributed by atoms with Crippen molar-refractivity contribution in [1.29, 1.82) is 0 Å². The fourth-order valence-corrected chi connectivity index (χ4v) is 3.99. The van der Waals surface area contributed by atoms with Gasteiger partial charge in [0.1, 0.15) is 12.4 Å². The number of amides is 1. The lowest BCUT2D eigenvalue weighted by Gasteiger charge is -2.34. The first-order valence-electron chi connectivity index (χ1n) is 10.1. The number of piperazine rings is 1. The van der Waals surface area contributed by atoms with Crippen molar-refractivity contribution in [2.75, 3.05) is 45.1 Å². The third kappa shape index (κ3) is 5.61. The van der Waals surface area contributed by atoms with Gasteiger partial charge in [-0.2, -0.15) is 0 Å². The Hall–Kier alpha value is -2.84. The van der Waals surface area contributed by atoms with Gasteiger partial charge in [-0.3, -0.25) is 14.8 Å². The maximum atomic E-state index is 12.6. The van der Waals surface area contributed by atoms with Crippen LogP contribution in [0.5, 0.6) is 5.75 Å². The van der Waals surface area contributed by atoms with E-state index in [1.807, 2.05) is 65.6 Å². The fourth-order valence-electron chi connectivity index (χ4n) is 3.28. The van der Waals surface area contributed by atoms with Crippen LogP contribution < -0.4 is 4.74 Å². The Labute approximate surface area is 180 Å². The van der Waals surface area contributed by atoms with Gasteiger partial charge in [0.15, 0.2) is 5.82 Å². The normalized spacial score (nSPS) is 14.6. The predicted octanol–water partition coefficient (Wildman–Crippen LogP) is 2.79. The lowest BCUT2D eigenvalue weighted by atomic mass is 10.2. The molecule has 3 aromatic rings. The van der Waals surface area contributed by atoms with E-state index in [4.69, 9.17) is 4.74 Å². The van der Waals surface area contributed by atoms with Crippen molar-refractivity contribution in [2.45, 2.75) is 5.16 Å². The molecule has 2 heterocycles. The fraction of sp³-hybridized carbons (Fsp3) is 0.318. The highest BCUT2D eigenvalue weighted by Crippen LogP contribution is 2.19. The summed E-state index contributed by atoms with van der Waals surface area (Å²) in [5, 5.41) is 7.75. The second-order valence-electron chi connectivity index (χ2n) is 7.01. The van der Waals surface area contributed by atoms with Crippen LogP contribution in [0.4, 0.5) is 0 Å². The summed E-state index contributed by atoms with van der Waals surface area (Å²) < 4.78 is 5.76. The molecule has 7 nitrogen and oxygen atoms in total. The van der Waals surface area contributed by atoms with Crippen molar-refractivity contribution in [3.63, 3.8) is 0 Å². The summed E-state index contributed by atoms with van der Waals surface area (Å²) in [6, 6.07) is 19.7. The number of thioether (sulfide) groups is 1. The molecule has 0 atom stereocenters. The van der Waals surface area contributed by atoms with E-state index in [1.54, 1.807) is 0 Å². The molecule has 1 amide bonds. The number of rotatable bonds is 8. The van der Waals surface area contributed by atoms with Crippen molar-refractivity contribution in [3.05, 3.63) is 60.7 Å². The monoisotopic (exact) mass is 423 g/mol. The molecule has 0 unspecified atom stereocenters. The molecule has 1 aliphatic heterocycles. The lowest BCUT2D eigenvalue weighted by Crippen LogP contribution is -2.50. The van der Waals surface area contributed by atoms with E-state index in [0.29, 0.717) is 17.5 Å². The molecule has 0 bridgehead atoms. The summed E-state index contributed by atoms with van der Waals surface area (Å²) >= 11 is 1.37. The second-order valence-corrected chi connectivity index (χ2v) is 7.95. The molecule has 2 aromatic carbocycles. The van der Waals surface area contributed by atoms with Gasteiger partial charge in [0.05, 0.1) is 5.75 Å². The van der Waals surface area contributed by atoms with Gasteiger partial charge in [0, 0.05) is 38.3 Å². The molecule has 156 valence electrons. The van der Waals surface area contributed by atoms with E-state index in [0.717, 1.165) is 49.9 Å². The predicted molar refractivity (Wildman–Crippen MR) is 117 cm³/mol. The number of ether oxygens (including phenoxy) is 1. The minimum Gasteiger partial charge on any atom is -0.492 e. The molecule has 30 heavy (non-hydrogen) atoms. The molecule has 1 saturated heterocycles. The quantitative estimate of drug-likeness (QED) is 0.562. The average Bonchev–Trinajstić information content (AvgIpc) is 3.28. The van der Waals surface area contributed by atoms with E-state index >= 15 is 0 Å². The van der Waals surface area contributed by atoms with Crippen LogP contribution in [-0.4, -0.2) is 76.0 Å². The molecule has 0 aliphatic carbocycles. The number of benzene rings is 2. The first-order chi connectivity index (χ1) is 14.8. The number of carbonyl (C=O) groups excluding carboxylic acids is 1. The van der Waals surface area contributed by atoms with Gasteiger partial charge in [-0.25, -0.2) is 4.98 Å². The van der Waals surface area contributed by atoms with Gasteiger partial charge in [0.2, 0.25) is 11.1 Å². The van der Waals surface area contributed by atoms with Crippen molar-refractivity contribution in [2.24, 2.45) is 0 Å². The second kappa shape index (κ2) is 10.3. The number of carbonyl (C=O) groups is 1. The maximum absolute atomic E-state index is 12.6. The van der Waals surface area contributed by atoms with Crippen LogP contribution in [0.15, 0.2) is 65.8 Å². The van der Waals surface area contributed by atoms with Gasteiger partial charge >= 0.3 is 0 Å². The van der Waals surface area contributed by atoms with Crippen LogP contribution in [0.3, 0.4) is 0 Å². The molecule has 1 N–H and O–H groups in total. The maximum Gasteiger partial charge on any atom is 0.233 e. The Morgan fingerprint density at radius 2 is 1.70 bits per heavy atom. The third-order valence-electron chi connectivity index (χ3n) is 4.98. The summed E-state index contributed by atoms with van der Waals surface area (Å²) in [5.41, 5.74) is 0.982. The highest BCUT2D eigenvalue weighted by Gasteiger charge is 2.21. The molecular formula is C22H25N5O2S. The van der Waals surface area contributed by atoms with Gasteiger partial charge < -0.3 is 9.64 Å². The molecule has 1 aliphatic rings. The van der Waals surface area contributed by atoms with Crippen molar-refractivity contribution < 1.29 is 9.53 Å². The molecule has 0 saturated carbocycles. The van der Waals surface area contributed by atoms with E-state index in [1.165, 1.54) is 11.8 Å². The number of H-pyrrole nitrogens is 1. The van der Waals surface area contributed by atoms with Crippen molar-refractivity contribution in [1.82, 2.24) is 25.0 Å². The van der Waals surface area contributed by atoms with E-state index < -0.39 is 0 Å². The smallest absolute Gasteiger partial charge is 0.233 e. The highest BCUT2D eigenvalue weighted by atomic mass is 32.2. The first-order valence-corrected chi connectivity index (χ1v) is 11.0. The molecular weight excluding hydrogens is 398 g/mol. The number of hydrogen-bond donors (Lipinski definition) is 1. The van der Waals surface area contributed by atoms with Gasteiger partial charge in [0.25, 0.3) is 0 Å². The minimum atomic E-state index is 0.131. The number of aromatic amines is 1. The standard InChI is InChI=1S/C22H25N5O2S/c28-20(17-30-22-23-21(24-25-22)18-7-3-1-4-8-18)27-13-11-26(12-14-27)15-16-29-19-9-5-2-6-10-19/h1-10H,11-17H2,(H,23,24,25). The molecule has 1 aromatic heterocycles. The van der Waals surface area contributed by atoms with Crippen LogP contribution >= 0.6 is 11.8 Å². The van der Waals surface area contributed by atoms with E-state index in [2.05, 4.69) is 20.1 Å². The van der Waals surface area contributed by atoms with E-state index in [-0.39, 0.29) is 5.91 Å². The molecule has 4 rings (SSSR count). The Bertz CT molecular complexity index is 927. The van der Waals surface area contributed by atoms with Gasteiger partial charge in [-0.05, 0) is 12.1 Å². The Kier molecular flexibility index (Phi) is 6.99. The lowest BCUT2D eigenvalue weighted by molar-refractivity contribution is -0.130. The van der Waals surface area contributed by atoms with E-state index in [9.17, 15) is 4.79 Å². The summed E-state index contributed by atoms with van der Waals surface area (Å²) in [5.74, 6) is 2.09. The minimum absolute atomic E-state index is 0.131. The van der Waals surface area contributed by atoms with Crippen LogP contribution in [-0.2, 0) is 4.79 Å². The Morgan fingerprint density at radius 1 is 1.00 bits per heavy atom. The van der Waals surface area contributed by atoms with Crippen LogP contribution in [0.25, 0.3) is 11.4 Å². The van der Waals surface area contributed by atoms with Crippen LogP contribution in [0.2, 0.25) is 0 Å². The molecule has 1 fully saturated rings. The van der Waals surface area contributed by atoms with Crippen LogP contribution in [0.1, 0.15) is 0 Å². The van der Waals surface area contributed by atoms with Gasteiger partial charge in [-0.15, -0.1) is 5.10 Å². The third-order valence-corrected chi connectivity index (χ3v) is 5.81. The number of nitrogens with one attached hydrogen (secondary N) is 1. The summed E-state index contributed by atoms with van der Waals surface area (Å²) in [6.07, 6.45) is 0. The SMILES string of the molecule is O=C(CSc1n[nH]c(-c2ccccc2)n1)N1CCN(CCOc2ccccc2)CC1. The van der Waals surface area contributed by atoms with Gasteiger partial charge in [-0.1, -0.05) is 60.3 Å². The largest absolute Gasteiger partial charge is 0.492 e. The number of nitrogens with zero attached hydrogens (tertiary/aromatic N) is 4. The number of aromatic nitrogens is 3. The zero-order valence-corrected chi connectivity index (χ0v) is 17.6. The topological polar surface area (TPSA) is 74.4 Å². The summed E-state index contributed by atoms with van der Waals surface area (Å²) in [7, 11) is 0. The molecule has 0 spiro atoms. The number of hydrogen-bond acceptors (Lipinski definition) is 6. The average molecular weight is 424 g/mol.